The van der Waals surface area contributed by atoms with Crippen molar-refractivity contribution < 1.29 is 19.1 Å². The summed E-state index contributed by atoms with van der Waals surface area (Å²) >= 11 is 0. The lowest BCUT2D eigenvalue weighted by Crippen LogP contribution is -2.35. The van der Waals surface area contributed by atoms with Gasteiger partial charge in [-0.15, -0.1) is 0 Å². The highest BCUT2D eigenvalue weighted by Gasteiger charge is 2.40. The average Bonchev–Trinajstić information content (AvgIpc) is 2.88. The van der Waals surface area contributed by atoms with Crippen molar-refractivity contribution in [1.29, 1.82) is 0 Å². The van der Waals surface area contributed by atoms with Crippen LogP contribution >= 0.6 is 0 Å². The number of ether oxygens (including phenoxy) is 1. The molecule has 0 saturated carbocycles. The van der Waals surface area contributed by atoms with E-state index < -0.39 is 6.04 Å². The van der Waals surface area contributed by atoms with E-state index in [1.165, 1.54) is 14.0 Å². The SMILES string of the molecule is COc1ccccc1N1C(=O)CC(Nc2cccc(C(C)=O)c2)C1=O. The van der Waals surface area contributed by atoms with Crippen LogP contribution in [0.5, 0.6) is 5.75 Å². The standard InChI is InChI=1S/C19H18N2O4/c1-12(22)13-6-5-7-14(10-13)20-15-11-18(23)21(19(15)24)16-8-3-4-9-17(16)25-2/h3-10,15,20H,11H2,1-2H3. The van der Waals surface area contributed by atoms with Crippen molar-refractivity contribution in [1.82, 2.24) is 0 Å². The molecule has 1 unspecified atom stereocenters. The van der Waals surface area contributed by atoms with Gasteiger partial charge in [0.25, 0.3) is 5.91 Å². The Morgan fingerprint density at radius 2 is 1.92 bits per heavy atom. The van der Waals surface area contributed by atoms with Crippen molar-refractivity contribution in [2.45, 2.75) is 19.4 Å². The molecular formula is C19H18N2O4. The van der Waals surface area contributed by atoms with Gasteiger partial charge in [0.1, 0.15) is 11.8 Å². The van der Waals surface area contributed by atoms with Gasteiger partial charge in [0.05, 0.1) is 19.2 Å². The van der Waals surface area contributed by atoms with Gasteiger partial charge < -0.3 is 10.1 Å². The summed E-state index contributed by atoms with van der Waals surface area (Å²) in [6.07, 6.45) is 0.0428. The maximum Gasteiger partial charge on any atom is 0.256 e. The first-order valence-corrected chi connectivity index (χ1v) is 7.88. The van der Waals surface area contributed by atoms with Crippen LogP contribution in [0.2, 0.25) is 0 Å². The average molecular weight is 338 g/mol. The van der Waals surface area contributed by atoms with E-state index >= 15 is 0 Å². The maximum absolute atomic E-state index is 12.7. The number of carbonyl (C=O) groups is 3. The van der Waals surface area contributed by atoms with E-state index in [9.17, 15) is 14.4 Å². The fraction of sp³-hybridized carbons (Fsp3) is 0.211. The number of methoxy groups -OCH3 is 1. The van der Waals surface area contributed by atoms with Crippen LogP contribution in [-0.2, 0) is 9.59 Å². The van der Waals surface area contributed by atoms with E-state index in [1.54, 1.807) is 48.5 Å². The van der Waals surface area contributed by atoms with Crippen LogP contribution in [0.25, 0.3) is 0 Å². The molecule has 3 rings (SSSR count). The highest BCUT2D eigenvalue weighted by Crippen LogP contribution is 2.32. The predicted octanol–water partition coefficient (Wildman–Crippen LogP) is 2.64. The minimum absolute atomic E-state index is 0.0428. The molecule has 0 aliphatic carbocycles. The molecular weight excluding hydrogens is 320 g/mol. The Morgan fingerprint density at radius 1 is 1.16 bits per heavy atom. The van der Waals surface area contributed by atoms with Gasteiger partial charge in [-0.05, 0) is 31.2 Å². The maximum atomic E-state index is 12.7. The topological polar surface area (TPSA) is 75.7 Å². The molecule has 1 aliphatic heterocycles. The molecule has 2 aromatic carbocycles. The summed E-state index contributed by atoms with van der Waals surface area (Å²) in [7, 11) is 1.49. The summed E-state index contributed by atoms with van der Waals surface area (Å²) in [5, 5.41) is 3.05. The van der Waals surface area contributed by atoms with E-state index in [4.69, 9.17) is 4.74 Å². The van der Waals surface area contributed by atoms with Crippen molar-refractivity contribution in [3.63, 3.8) is 0 Å². The number of rotatable bonds is 5. The first-order valence-electron chi connectivity index (χ1n) is 7.88. The third-order valence-corrected chi connectivity index (χ3v) is 4.08. The minimum Gasteiger partial charge on any atom is -0.495 e. The number of hydrogen-bond donors (Lipinski definition) is 1. The molecule has 25 heavy (non-hydrogen) atoms. The lowest BCUT2D eigenvalue weighted by Gasteiger charge is -2.18. The van der Waals surface area contributed by atoms with Crippen LogP contribution in [0.4, 0.5) is 11.4 Å². The number of ketones is 1. The second-order valence-corrected chi connectivity index (χ2v) is 5.78. The third kappa shape index (κ3) is 3.24. The van der Waals surface area contributed by atoms with E-state index in [0.29, 0.717) is 22.7 Å². The van der Waals surface area contributed by atoms with Crippen LogP contribution in [-0.4, -0.2) is 30.7 Å². The summed E-state index contributed by atoms with van der Waals surface area (Å²) in [6.45, 7) is 1.48. The quantitative estimate of drug-likeness (QED) is 0.670. The van der Waals surface area contributed by atoms with Crippen LogP contribution in [0.1, 0.15) is 23.7 Å². The zero-order valence-corrected chi connectivity index (χ0v) is 14.0. The summed E-state index contributed by atoms with van der Waals surface area (Å²) in [5.74, 6) is -0.242. The van der Waals surface area contributed by atoms with E-state index in [0.717, 1.165) is 4.90 Å². The molecule has 1 N–H and O–H groups in total. The van der Waals surface area contributed by atoms with Gasteiger partial charge in [-0.2, -0.15) is 0 Å². The molecule has 1 heterocycles. The number of Topliss-reactive ketones (excluding diaryl/α,β-unsaturated/α-hetero) is 1. The normalized spacial score (nSPS) is 16.9. The Morgan fingerprint density at radius 3 is 2.64 bits per heavy atom. The van der Waals surface area contributed by atoms with Crippen molar-refractivity contribution in [3.05, 3.63) is 54.1 Å². The van der Waals surface area contributed by atoms with Crippen LogP contribution in [0, 0.1) is 0 Å². The Balaban J connectivity index is 1.84. The molecule has 128 valence electrons. The molecule has 1 fully saturated rings. The molecule has 0 spiro atoms. The van der Waals surface area contributed by atoms with Crippen molar-refractivity contribution in [2.24, 2.45) is 0 Å². The lowest BCUT2D eigenvalue weighted by molar-refractivity contribution is -0.121. The summed E-state index contributed by atoms with van der Waals surface area (Å²) in [5.41, 5.74) is 1.60. The lowest BCUT2D eigenvalue weighted by atomic mass is 10.1. The number of amides is 2. The number of para-hydroxylation sites is 2. The highest BCUT2D eigenvalue weighted by atomic mass is 16.5. The zero-order chi connectivity index (χ0) is 18.0. The zero-order valence-electron chi connectivity index (χ0n) is 14.0. The number of anilines is 2. The smallest absolute Gasteiger partial charge is 0.256 e. The van der Waals surface area contributed by atoms with Gasteiger partial charge in [0, 0.05) is 11.3 Å². The number of carbonyl (C=O) groups excluding carboxylic acids is 3. The van der Waals surface area contributed by atoms with Crippen LogP contribution in [0.3, 0.4) is 0 Å². The van der Waals surface area contributed by atoms with Crippen LogP contribution < -0.4 is 15.0 Å². The third-order valence-electron chi connectivity index (χ3n) is 4.08. The minimum atomic E-state index is -0.681. The second-order valence-electron chi connectivity index (χ2n) is 5.78. The first-order chi connectivity index (χ1) is 12.0. The number of imide groups is 1. The summed E-state index contributed by atoms with van der Waals surface area (Å²) in [4.78, 5) is 37.7. The number of benzene rings is 2. The second kappa shape index (κ2) is 6.76. The Hall–Kier alpha value is -3.15. The largest absolute Gasteiger partial charge is 0.495 e. The van der Waals surface area contributed by atoms with E-state index in [1.807, 2.05) is 0 Å². The summed E-state index contributed by atoms with van der Waals surface area (Å²) in [6, 6.07) is 13.1. The van der Waals surface area contributed by atoms with Gasteiger partial charge in [-0.1, -0.05) is 24.3 Å². The van der Waals surface area contributed by atoms with E-state index in [2.05, 4.69) is 5.32 Å². The predicted molar refractivity (Wildman–Crippen MR) is 94.0 cm³/mol. The molecule has 1 aliphatic rings. The van der Waals surface area contributed by atoms with E-state index in [-0.39, 0.29) is 24.0 Å². The molecule has 0 aromatic heterocycles. The van der Waals surface area contributed by atoms with Gasteiger partial charge in [0.2, 0.25) is 5.91 Å². The number of hydrogen-bond acceptors (Lipinski definition) is 5. The molecule has 6 heteroatoms. The fourth-order valence-corrected chi connectivity index (χ4v) is 2.84. The Labute approximate surface area is 145 Å². The monoisotopic (exact) mass is 338 g/mol. The van der Waals surface area contributed by atoms with Gasteiger partial charge in [-0.3, -0.25) is 14.4 Å². The Kier molecular flexibility index (Phi) is 4.52. The molecule has 2 amide bonds. The van der Waals surface area contributed by atoms with Gasteiger partial charge in [0.15, 0.2) is 5.78 Å². The van der Waals surface area contributed by atoms with Crippen LogP contribution in [0.15, 0.2) is 48.5 Å². The molecule has 2 aromatic rings. The molecule has 0 bridgehead atoms. The molecule has 0 radical (unpaired) electrons. The van der Waals surface area contributed by atoms with Crippen molar-refractivity contribution in [3.8, 4) is 5.75 Å². The molecule has 1 saturated heterocycles. The van der Waals surface area contributed by atoms with Gasteiger partial charge in [-0.25, -0.2) is 4.90 Å². The molecule has 1 atom stereocenters. The highest BCUT2D eigenvalue weighted by molar-refractivity contribution is 6.23. The fourth-order valence-electron chi connectivity index (χ4n) is 2.84. The van der Waals surface area contributed by atoms with Gasteiger partial charge >= 0.3 is 0 Å². The summed E-state index contributed by atoms with van der Waals surface area (Å²) < 4.78 is 5.25. The van der Waals surface area contributed by atoms with Crippen molar-refractivity contribution in [2.75, 3.05) is 17.3 Å². The molecule has 6 nitrogen and oxygen atoms in total. The number of nitrogens with one attached hydrogen (secondary N) is 1. The Bertz CT molecular complexity index is 847. The number of nitrogens with zero attached hydrogens (tertiary/aromatic N) is 1. The van der Waals surface area contributed by atoms with Crippen molar-refractivity contribution >= 4 is 29.0 Å². The first kappa shape index (κ1) is 16.7.